The van der Waals surface area contributed by atoms with Gasteiger partial charge >= 0.3 is 0 Å². The van der Waals surface area contributed by atoms with Gasteiger partial charge in [-0.05, 0) is 36.8 Å². The molecular weight excluding hydrogens is 326 g/mol. The van der Waals surface area contributed by atoms with Gasteiger partial charge in [0, 0.05) is 0 Å². The van der Waals surface area contributed by atoms with Crippen LogP contribution < -0.4 is 4.83 Å². The molecule has 0 radical (unpaired) electrons. The van der Waals surface area contributed by atoms with E-state index in [0.29, 0.717) is 5.71 Å². The molecule has 2 aromatic carbocycles. The third-order valence-electron chi connectivity index (χ3n) is 3.36. The highest BCUT2D eigenvalue weighted by atomic mass is 32.2. The second-order valence-corrected chi connectivity index (χ2v) is 6.65. The zero-order valence-electron chi connectivity index (χ0n) is 12.9. The number of sulfonamides is 1. The highest BCUT2D eigenvalue weighted by Gasteiger charge is 2.12. The van der Waals surface area contributed by atoms with Crippen LogP contribution in [0.1, 0.15) is 12.5 Å². The van der Waals surface area contributed by atoms with Crippen LogP contribution in [0.4, 0.5) is 0 Å². The van der Waals surface area contributed by atoms with Gasteiger partial charge in [0.25, 0.3) is 10.0 Å². The highest BCUT2D eigenvalue weighted by molar-refractivity contribution is 7.89. The van der Waals surface area contributed by atoms with E-state index in [0.717, 1.165) is 11.3 Å². The molecule has 0 aliphatic heterocycles. The smallest absolute Gasteiger partial charge is 0.223 e. The maximum atomic E-state index is 12.1. The van der Waals surface area contributed by atoms with Crippen molar-refractivity contribution in [2.75, 3.05) is 0 Å². The molecule has 0 fully saturated rings. The van der Waals surface area contributed by atoms with Crippen molar-refractivity contribution < 1.29 is 8.42 Å². The van der Waals surface area contributed by atoms with Gasteiger partial charge in [-0.3, -0.25) is 0 Å². The molecule has 0 bridgehead atoms. The Kier molecular flexibility index (Phi) is 4.39. The van der Waals surface area contributed by atoms with E-state index in [9.17, 15) is 8.42 Å². The predicted molar refractivity (Wildman–Crippen MR) is 90.3 cm³/mol. The van der Waals surface area contributed by atoms with Crippen molar-refractivity contribution in [3.63, 3.8) is 0 Å². The fraction of sp³-hybridized carbons (Fsp3) is 0.0625. The summed E-state index contributed by atoms with van der Waals surface area (Å²) in [5.41, 5.74) is 2.21. The molecule has 0 amide bonds. The minimum atomic E-state index is -3.67. The zero-order valence-corrected chi connectivity index (χ0v) is 13.7. The van der Waals surface area contributed by atoms with Crippen LogP contribution in [0, 0.1) is 0 Å². The number of hydrazone groups is 1. The van der Waals surface area contributed by atoms with E-state index in [1.165, 1.54) is 18.5 Å². The minimum Gasteiger partial charge on any atom is -0.223 e. The minimum absolute atomic E-state index is 0.170. The molecule has 0 saturated carbocycles. The molecule has 3 rings (SSSR count). The van der Waals surface area contributed by atoms with Crippen LogP contribution in [0.15, 0.2) is 77.2 Å². The zero-order chi connectivity index (χ0) is 17.0. The summed E-state index contributed by atoms with van der Waals surface area (Å²) < 4.78 is 25.9. The average Bonchev–Trinajstić information content (AvgIpc) is 3.15. The van der Waals surface area contributed by atoms with Crippen LogP contribution in [0.3, 0.4) is 0 Å². The van der Waals surface area contributed by atoms with Crippen molar-refractivity contribution in [1.82, 2.24) is 19.6 Å². The Morgan fingerprint density at radius 1 is 1.08 bits per heavy atom. The molecule has 3 aromatic rings. The number of aromatic nitrogens is 3. The first-order chi connectivity index (χ1) is 11.6. The molecule has 0 aliphatic carbocycles. The van der Waals surface area contributed by atoms with Crippen molar-refractivity contribution in [3.05, 3.63) is 72.8 Å². The normalized spacial score (nSPS) is 12.1. The van der Waals surface area contributed by atoms with E-state index in [2.05, 4.69) is 20.0 Å². The second kappa shape index (κ2) is 6.63. The fourth-order valence-electron chi connectivity index (χ4n) is 2.04. The first-order valence-corrected chi connectivity index (χ1v) is 8.61. The predicted octanol–water partition coefficient (Wildman–Crippen LogP) is 1.97. The van der Waals surface area contributed by atoms with E-state index < -0.39 is 10.0 Å². The maximum absolute atomic E-state index is 12.1. The topological polar surface area (TPSA) is 89.2 Å². The Labute approximate surface area is 139 Å². The van der Waals surface area contributed by atoms with Crippen LogP contribution >= 0.6 is 0 Å². The lowest BCUT2D eigenvalue weighted by Crippen LogP contribution is -2.19. The number of nitrogens with zero attached hydrogens (tertiary/aromatic N) is 4. The summed E-state index contributed by atoms with van der Waals surface area (Å²) in [6.07, 6.45) is 3.06. The lowest BCUT2D eigenvalue weighted by Gasteiger charge is -2.06. The Hall–Kier alpha value is -3.00. The third-order valence-corrected chi connectivity index (χ3v) is 4.58. The fourth-order valence-corrected chi connectivity index (χ4v) is 2.92. The molecule has 122 valence electrons. The molecule has 8 heteroatoms. The Morgan fingerprint density at radius 3 is 2.42 bits per heavy atom. The summed E-state index contributed by atoms with van der Waals surface area (Å²) >= 11 is 0. The third kappa shape index (κ3) is 3.49. The Morgan fingerprint density at radius 2 is 1.79 bits per heavy atom. The molecule has 1 heterocycles. The second-order valence-electron chi connectivity index (χ2n) is 4.99. The van der Waals surface area contributed by atoms with Gasteiger partial charge in [0.2, 0.25) is 0 Å². The molecule has 24 heavy (non-hydrogen) atoms. The van der Waals surface area contributed by atoms with E-state index in [1.54, 1.807) is 36.1 Å². The van der Waals surface area contributed by atoms with Gasteiger partial charge in [0.15, 0.2) is 0 Å². The molecule has 1 aromatic heterocycles. The molecule has 0 aliphatic rings. The standard InChI is InChI=1S/C16H15N5O2S/c1-13(19-20-24(22,23)16-5-3-2-4-6-16)14-7-9-15(10-8-14)21-12-17-11-18-21/h2-12,20H,1H3/b19-13-. The van der Waals surface area contributed by atoms with Crippen molar-refractivity contribution in [2.45, 2.75) is 11.8 Å². The summed E-state index contributed by atoms with van der Waals surface area (Å²) in [5.74, 6) is 0. The van der Waals surface area contributed by atoms with Crippen LogP contribution in [0.2, 0.25) is 0 Å². The van der Waals surface area contributed by atoms with Gasteiger partial charge in [-0.25, -0.2) is 9.67 Å². The molecule has 0 spiro atoms. The van der Waals surface area contributed by atoms with Crippen molar-refractivity contribution in [3.8, 4) is 5.69 Å². The van der Waals surface area contributed by atoms with Gasteiger partial charge < -0.3 is 0 Å². The van der Waals surface area contributed by atoms with Crippen LogP contribution in [-0.4, -0.2) is 28.9 Å². The Balaban J connectivity index is 1.76. The largest absolute Gasteiger partial charge is 0.276 e. The van der Waals surface area contributed by atoms with E-state index in [4.69, 9.17) is 0 Å². The van der Waals surface area contributed by atoms with Crippen molar-refractivity contribution in [2.24, 2.45) is 5.10 Å². The summed E-state index contributed by atoms with van der Waals surface area (Å²) in [5, 5.41) is 8.03. The summed E-state index contributed by atoms with van der Waals surface area (Å²) in [6, 6.07) is 15.5. The van der Waals surface area contributed by atoms with Gasteiger partial charge in [-0.15, -0.1) is 0 Å². The number of benzene rings is 2. The number of hydrogen-bond acceptors (Lipinski definition) is 5. The van der Waals surface area contributed by atoms with E-state index in [1.807, 2.05) is 24.3 Å². The first-order valence-electron chi connectivity index (χ1n) is 7.13. The van der Waals surface area contributed by atoms with E-state index >= 15 is 0 Å². The van der Waals surface area contributed by atoms with Crippen molar-refractivity contribution >= 4 is 15.7 Å². The molecule has 1 N–H and O–H groups in total. The van der Waals surface area contributed by atoms with Crippen LogP contribution in [0.25, 0.3) is 5.69 Å². The SMILES string of the molecule is C/C(=N/NS(=O)(=O)c1ccccc1)c1ccc(-n2cncn2)cc1. The number of hydrogen-bond donors (Lipinski definition) is 1. The van der Waals surface area contributed by atoms with Gasteiger partial charge in [0.05, 0.1) is 16.3 Å². The van der Waals surface area contributed by atoms with Crippen LogP contribution in [0.5, 0.6) is 0 Å². The van der Waals surface area contributed by atoms with Crippen molar-refractivity contribution in [1.29, 1.82) is 0 Å². The lowest BCUT2D eigenvalue weighted by molar-refractivity contribution is 0.584. The number of rotatable bonds is 5. The lowest BCUT2D eigenvalue weighted by atomic mass is 10.1. The molecule has 0 atom stereocenters. The quantitative estimate of drug-likeness (QED) is 0.567. The maximum Gasteiger partial charge on any atom is 0.276 e. The summed E-state index contributed by atoms with van der Waals surface area (Å²) in [4.78, 5) is 6.31. The van der Waals surface area contributed by atoms with Gasteiger partial charge in [-0.1, -0.05) is 30.3 Å². The first kappa shape index (κ1) is 15.9. The average molecular weight is 341 g/mol. The molecule has 0 unspecified atom stereocenters. The van der Waals surface area contributed by atoms with Gasteiger partial charge in [0.1, 0.15) is 12.7 Å². The van der Waals surface area contributed by atoms with Gasteiger partial charge in [-0.2, -0.15) is 23.4 Å². The summed E-state index contributed by atoms with van der Waals surface area (Å²) in [6.45, 7) is 1.73. The molecular formula is C16H15N5O2S. The summed E-state index contributed by atoms with van der Waals surface area (Å²) in [7, 11) is -3.67. The van der Waals surface area contributed by atoms with Crippen LogP contribution in [-0.2, 0) is 10.0 Å². The van der Waals surface area contributed by atoms with E-state index in [-0.39, 0.29) is 4.90 Å². The monoisotopic (exact) mass is 341 g/mol. The molecule has 7 nitrogen and oxygen atoms in total. The highest BCUT2D eigenvalue weighted by Crippen LogP contribution is 2.10. The number of nitrogens with one attached hydrogen (secondary N) is 1. The Bertz CT molecular complexity index is 934. The molecule has 0 saturated heterocycles.